The van der Waals surface area contributed by atoms with Gasteiger partial charge in [0, 0.05) is 35.5 Å². The van der Waals surface area contributed by atoms with Gasteiger partial charge in [0.05, 0.1) is 14.2 Å². The van der Waals surface area contributed by atoms with E-state index in [-0.39, 0.29) is 17.6 Å². The molecule has 1 amide bonds. The van der Waals surface area contributed by atoms with Crippen LogP contribution in [0.3, 0.4) is 0 Å². The third-order valence-electron chi connectivity index (χ3n) is 5.87. The number of likely N-dealkylation sites (tertiary alicyclic amines) is 1. The lowest BCUT2D eigenvalue weighted by Crippen LogP contribution is -2.40. The van der Waals surface area contributed by atoms with Crippen molar-refractivity contribution < 1.29 is 23.5 Å². The van der Waals surface area contributed by atoms with Crippen LogP contribution >= 0.6 is 0 Å². The summed E-state index contributed by atoms with van der Waals surface area (Å²) in [5, 5.41) is 0.877. The molecule has 0 aliphatic carbocycles. The van der Waals surface area contributed by atoms with Gasteiger partial charge in [-0.3, -0.25) is 9.59 Å². The lowest BCUT2D eigenvalue weighted by molar-refractivity contribution is 0.0625. The van der Waals surface area contributed by atoms with Crippen LogP contribution in [0.5, 0.6) is 11.5 Å². The topological polar surface area (TPSA) is 69.0 Å². The summed E-state index contributed by atoms with van der Waals surface area (Å²) in [7, 11) is 3.21. The average molecular weight is 407 g/mol. The van der Waals surface area contributed by atoms with Crippen molar-refractivity contribution in [2.45, 2.75) is 19.8 Å². The molecule has 0 N–H and O–H groups in total. The van der Waals surface area contributed by atoms with E-state index in [0.29, 0.717) is 42.8 Å². The van der Waals surface area contributed by atoms with Gasteiger partial charge in [-0.15, -0.1) is 0 Å². The molecule has 30 heavy (non-hydrogen) atoms. The van der Waals surface area contributed by atoms with Crippen molar-refractivity contribution in [3.8, 4) is 11.5 Å². The molecule has 0 spiro atoms. The third kappa shape index (κ3) is 3.65. The summed E-state index contributed by atoms with van der Waals surface area (Å²) in [5.41, 5.74) is 2.16. The minimum absolute atomic E-state index is 0.0801. The maximum atomic E-state index is 13.1. The summed E-state index contributed by atoms with van der Waals surface area (Å²) < 4.78 is 16.3. The largest absolute Gasteiger partial charge is 0.497 e. The molecule has 0 bridgehead atoms. The molecular formula is C24H25NO5. The molecule has 1 saturated heterocycles. The number of Topliss-reactive ketones (excluding diaryl/α,β-unsaturated/α-hetero) is 1. The summed E-state index contributed by atoms with van der Waals surface area (Å²) in [5.74, 6) is 1.73. The van der Waals surface area contributed by atoms with Gasteiger partial charge in [0.1, 0.15) is 17.1 Å². The van der Waals surface area contributed by atoms with Crippen LogP contribution in [-0.2, 0) is 0 Å². The monoisotopic (exact) mass is 407 g/mol. The standard InChI is InChI=1S/C24H25NO5/c1-15-20-14-19(29-3)8-9-21(20)30-23(15)24(27)25-12-10-17(11-13-25)22(26)16-4-6-18(28-2)7-5-16/h4-9,14,17H,10-13H2,1-3H3. The number of piperidine rings is 1. The maximum Gasteiger partial charge on any atom is 0.289 e. The van der Waals surface area contributed by atoms with Gasteiger partial charge < -0.3 is 18.8 Å². The zero-order valence-electron chi connectivity index (χ0n) is 17.4. The molecule has 2 aromatic carbocycles. The van der Waals surface area contributed by atoms with Gasteiger partial charge >= 0.3 is 0 Å². The quantitative estimate of drug-likeness (QED) is 0.583. The molecule has 0 saturated carbocycles. The van der Waals surface area contributed by atoms with E-state index in [9.17, 15) is 9.59 Å². The Morgan fingerprint density at radius 3 is 2.23 bits per heavy atom. The number of fused-ring (bicyclic) bond motifs is 1. The van der Waals surface area contributed by atoms with Crippen LogP contribution < -0.4 is 9.47 Å². The first-order valence-electron chi connectivity index (χ1n) is 10.1. The molecule has 2 heterocycles. The first-order chi connectivity index (χ1) is 14.5. The zero-order valence-corrected chi connectivity index (χ0v) is 17.4. The Balaban J connectivity index is 1.44. The van der Waals surface area contributed by atoms with Crippen molar-refractivity contribution in [3.63, 3.8) is 0 Å². The number of aryl methyl sites for hydroxylation is 1. The Morgan fingerprint density at radius 2 is 1.60 bits per heavy atom. The number of furan rings is 1. The highest BCUT2D eigenvalue weighted by Crippen LogP contribution is 2.31. The van der Waals surface area contributed by atoms with Crippen molar-refractivity contribution >= 4 is 22.7 Å². The van der Waals surface area contributed by atoms with Crippen molar-refractivity contribution in [1.82, 2.24) is 4.90 Å². The van der Waals surface area contributed by atoms with Crippen LogP contribution in [0.15, 0.2) is 46.9 Å². The Morgan fingerprint density at radius 1 is 0.967 bits per heavy atom. The van der Waals surface area contributed by atoms with Gasteiger partial charge in [0.25, 0.3) is 5.91 Å². The van der Waals surface area contributed by atoms with Crippen LogP contribution in [0.4, 0.5) is 0 Å². The van der Waals surface area contributed by atoms with E-state index in [1.807, 2.05) is 25.1 Å². The fourth-order valence-electron chi connectivity index (χ4n) is 4.01. The third-order valence-corrected chi connectivity index (χ3v) is 5.87. The zero-order chi connectivity index (χ0) is 21.3. The molecule has 1 aliphatic rings. The van der Waals surface area contributed by atoms with E-state index in [1.165, 1.54) is 0 Å². The second kappa shape index (κ2) is 8.22. The number of rotatable bonds is 5. The van der Waals surface area contributed by atoms with Gasteiger partial charge in [0.15, 0.2) is 11.5 Å². The smallest absolute Gasteiger partial charge is 0.289 e. The predicted octanol–water partition coefficient (Wildman–Crippen LogP) is 4.49. The number of methoxy groups -OCH3 is 2. The first kappa shape index (κ1) is 20.0. The van der Waals surface area contributed by atoms with Gasteiger partial charge in [0.2, 0.25) is 0 Å². The number of ketones is 1. The number of hydrogen-bond donors (Lipinski definition) is 0. The lowest BCUT2D eigenvalue weighted by Gasteiger charge is -2.31. The predicted molar refractivity (Wildman–Crippen MR) is 113 cm³/mol. The number of ether oxygens (including phenoxy) is 2. The average Bonchev–Trinajstić information content (AvgIpc) is 3.14. The second-order valence-corrected chi connectivity index (χ2v) is 7.58. The van der Waals surface area contributed by atoms with Gasteiger partial charge in [-0.1, -0.05) is 0 Å². The highest BCUT2D eigenvalue weighted by molar-refractivity contribution is 6.00. The van der Waals surface area contributed by atoms with Crippen LogP contribution in [-0.4, -0.2) is 43.9 Å². The first-order valence-corrected chi connectivity index (χ1v) is 10.1. The van der Waals surface area contributed by atoms with Crippen molar-refractivity contribution in [1.29, 1.82) is 0 Å². The van der Waals surface area contributed by atoms with Crippen molar-refractivity contribution in [2.24, 2.45) is 5.92 Å². The van der Waals surface area contributed by atoms with E-state index in [1.54, 1.807) is 43.4 Å². The Kier molecular flexibility index (Phi) is 5.48. The van der Waals surface area contributed by atoms with Crippen molar-refractivity contribution in [2.75, 3.05) is 27.3 Å². The van der Waals surface area contributed by atoms with E-state index >= 15 is 0 Å². The Labute approximate surface area is 175 Å². The molecule has 156 valence electrons. The molecule has 6 heteroatoms. The number of nitrogens with zero attached hydrogens (tertiary/aromatic N) is 1. The van der Waals surface area contributed by atoms with E-state index in [2.05, 4.69) is 0 Å². The molecule has 4 rings (SSSR count). The number of carbonyl (C=O) groups excluding carboxylic acids is 2. The lowest BCUT2D eigenvalue weighted by atomic mass is 9.88. The van der Waals surface area contributed by atoms with Crippen LogP contribution in [0.1, 0.15) is 39.3 Å². The summed E-state index contributed by atoms with van der Waals surface area (Å²) >= 11 is 0. The number of benzene rings is 2. The molecule has 0 unspecified atom stereocenters. The summed E-state index contributed by atoms with van der Waals surface area (Å²) in [6.45, 7) is 2.95. The fourth-order valence-corrected chi connectivity index (χ4v) is 4.01. The van der Waals surface area contributed by atoms with E-state index < -0.39 is 0 Å². The molecule has 1 aromatic heterocycles. The maximum absolute atomic E-state index is 13.1. The molecule has 3 aromatic rings. The minimum atomic E-state index is -0.127. The molecular weight excluding hydrogens is 382 g/mol. The molecule has 0 radical (unpaired) electrons. The van der Waals surface area contributed by atoms with Gasteiger partial charge in [-0.2, -0.15) is 0 Å². The number of carbonyl (C=O) groups is 2. The van der Waals surface area contributed by atoms with E-state index in [0.717, 1.165) is 22.4 Å². The van der Waals surface area contributed by atoms with Crippen molar-refractivity contribution in [3.05, 3.63) is 59.4 Å². The molecule has 1 fully saturated rings. The van der Waals surface area contributed by atoms with E-state index in [4.69, 9.17) is 13.9 Å². The Bertz CT molecular complexity index is 1070. The number of amides is 1. The van der Waals surface area contributed by atoms with Gasteiger partial charge in [-0.25, -0.2) is 0 Å². The molecule has 0 atom stereocenters. The highest BCUT2D eigenvalue weighted by Gasteiger charge is 2.30. The fraction of sp³-hybridized carbons (Fsp3) is 0.333. The second-order valence-electron chi connectivity index (χ2n) is 7.58. The normalized spacial score (nSPS) is 14.7. The molecule has 1 aliphatic heterocycles. The molecule has 6 nitrogen and oxygen atoms in total. The summed E-state index contributed by atoms with van der Waals surface area (Å²) in [4.78, 5) is 27.6. The SMILES string of the molecule is COc1ccc(C(=O)C2CCN(C(=O)c3oc4ccc(OC)cc4c3C)CC2)cc1. The summed E-state index contributed by atoms with van der Waals surface area (Å²) in [6.07, 6.45) is 1.29. The van der Waals surface area contributed by atoms with Crippen LogP contribution in [0.25, 0.3) is 11.0 Å². The van der Waals surface area contributed by atoms with Crippen LogP contribution in [0, 0.1) is 12.8 Å². The minimum Gasteiger partial charge on any atom is -0.497 e. The summed E-state index contributed by atoms with van der Waals surface area (Å²) in [6, 6.07) is 12.7. The number of hydrogen-bond acceptors (Lipinski definition) is 5. The van der Waals surface area contributed by atoms with Crippen LogP contribution in [0.2, 0.25) is 0 Å². The highest BCUT2D eigenvalue weighted by atomic mass is 16.5. The Hall–Kier alpha value is -3.28. The van der Waals surface area contributed by atoms with Gasteiger partial charge in [-0.05, 0) is 62.2 Å².